The van der Waals surface area contributed by atoms with E-state index in [2.05, 4.69) is 11.4 Å². The normalized spacial score (nSPS) is 14.2. The summed E-state index contributed by atoms with van der Waals surface area (Å²) < 4.78 is 6.07. The molecule has 0 heterocycles. The Hall–Kier alpha value is -3.31. The molecule has 6 heteroatoms. The predicted molar refractivity (Wildman–Crippen MR) is 152 cm³/mol. The maximum absolute atomic E-state index is 13.9. The van der Waals surface area contributed by atoms with Crippen molar-refractivity contribution < 1.29 is 14.3 Å². The smallest absolute Gasteiger partial charge is 0.261 e. The number of hydrogen-bond donors (Lipinski definition) is 1. The topological polar surface area (TPSA) is 58.6 Å². The third-order valence-electron chi connectivity index (χ3n) is 7.39. The van der Waals surface area contributed by atoms with Crippen LogP contribution in [0.4, 0.5) is 0 Å². The van der Waals surface area contributed by atoms with E-state index in [1.807, 2.05) is 75.4 Å². The van der Waals surface area contributed by atoms with Crippen molar-refractivity contribution in [1.82, 2.24) is 10.2 Å². The van der Waals surface area contributed by atoms with Gasteiger partial charge in [-0.05, 0) is 73.6 Å². The number of nitrogens with one attached hydrogen (secondary N) is 1. The molecule has 5 nitrogen and oxygen atoms in total. The van der Waals surface area contributed by atoms with Crippen LogP contribution in [0.3, 0.4) is 0 Å². The minimum Gasteiger partial charge on any atom is -0.483 e. The van der Waals surface area contributed by atoms with Gasteiger partial charge in [-0.1, -0.05) is 79.0 Å². The highest BCUT2D eigenvalue weighted by molar-refractivity contribution is 6.31. The van der Waals surface area contributed by atoms with Crippen LogP contribution >= 0.6 is 11.6 Å². The number of halogens is 1. The Kier molecular flexibility index (Phi) is 9.46. The van der Waals surface area contributed by atoms with Crippen LogP contribution in [0.2, 0.25) is 5.02 Å². The average Bonchev–Trinajstić information content (AvgIpc) is 3.41. The van der Waals surface area contributed by atoms with Crippen LogP contribution in [-0.2, 0) is 22.6 Å². The lowest BCUT2D eigenvalue weighted by atomic mass is 10.0. The van der Waals surface area contributed by atoms with Crippen molar-refractivity contribution in [3.63, 3.8) is 0 Å². The molecule has 0 aliphatic heterocycles. The van der Waals surface area contributed by atoms with Crippen molar-refractivity contribution in [2.45, 2.75) is 71.5 Å². The Bertz CT molecular complexity index is 1250. The van der Waals surface area contributed by atoms with Gasteiger partial charge in [0.1, 0.15) is 11.8 Å². The van der Waals surface area contributed by atoms with Gasteiger partial charge in [-0.15, -0.1) is 0 Å². The van der Waals surface area contributed by atoms with Gasteiger partial charge in [-0.3, -0.25) is 9.59 Å². The molecule has 1 aliphatic rings. The Labute approximate surface area is 231 Å². The summed E-state index contributed by atoms with van der Waals surface area (Å²) in [5.41, 5.74) is 4.96. The van der Waals surface area contributed by atoms with E-state index in [4.69, 9.17) is 16.3 Å². The number of hydrogen-bond acceptors (Lipinski definition) is 3. The summed E-state index contributed by atoms with van der Waals surface area (Å²) in [5.74, 6) is 0.290. The summed E-state index contributed by atoms with van der Waals surface area (Å²) in [6, 6.07) is 20.8. The fourth-order valence-electron chi connectivity index (χ4n) is 5.10. The second-order valence-electron chi connectivity index (χ2n) is 10.3. The number of amides is 2. The lowest BCUT2D eigenvalue weighted by molar-refractivity contribution is -0.143. The van der Waals surface area contributed by atoms with Gasteiger partial charge < -0.3 is 15.0 Å². The molecule has 38 heavy (non-hydrogen) atoms. The van der Waals surface area contributed by atoms with Crippen molar-refractivity contribution >= 4 is 23.4 Å². The summed E-state index contributed by atoms with van der Waals surface area (Å²) in [7, 11) is 0. The summed E-state index contributed by atoms with van der Waals surface area (Å²) in [6.45, 7) is 6.07. The first-order chi connectivity index (χ1) is 18.3. The molecule has 2 amide bonds. The summed E-state index contributed by atoms with van der Waals surface area (Å²) in [6.07, 6.45) is 4.56. The molecule has 4 rings (SSSR count). The highest BCUT2D eigenvalue weighted by Gasteiger charge is 2.32. The van der Waals surface area contributed by atoms with E-state index in [0.717, 1.165) is 53.5 Å². The first-order valence-electron chi connectivity index (χ1n) is 13.4. The van der Waals surface area contributed by atoms with Gasteiger partial charge in [0, 0.05) is 24.0 Å². The highest BCUT2D eigenvalue weighted by Crippen LogP contribution is 2.25. The molecule has 200 valence electrons. The van der Waals surface area contributed by atoms with Crippen LogP contribution in [-0.4, -0.2) is 35.4 Å². The number of carbonyl (C=O) groups is 2. The van der Waals surface area contributed by atoms with Crippen molar-refractivity contribution in [2.75, 3.05) is 6.61 Å². The molecule has 1 saturated carbocycles. The fraction of sp³-hybridized carbons (Fsp3) is 0.375. The number of ether oxygens (including phenoxy) is 1. The SMILES string of the molecule is Cc1cc(C)c(C)c(OCC(=O)N(Cc2ccccc2Cl)C(Cc2ccccc2)C(=O)NC2CCCC2)c1. The fourth-order valence-corrected chi connectivity index (χ4v) is 5.30. The van der Waals surface area contributed by atoms with E-state index in [-0.39, 0.29) is 31.0 Å². The summed E-state index contributed by atoms with van der Waals surface area (Å²) >= 11 is 6.51. The van der Waals surface area contributed by atoms with Gasteiger partial charge in [0.25, 0.3) is 5.91 Å². The zero-order valence-corrected chi connectivity index (χ0v) is 23.3. The van der Waals surface area contributed by atoms with E-state index >= 15 is 0 Å². The van der Waals surface area contributed by atoms with Gasteiger partial charge in [0.15, 0.2) is 6.61 Å². The molecule has 3 aromatic carbocycles. The Morgan fingerprint density at radius 1 is 1.00 bits per heavy atom. The molecule has 0 radical (unpaired) electrons. The van der Waals surface area contributed by atoms with Crippen LogP contribution in [0.1, 0.15) is 53.5 Å². The third-order valence-corrected chi connectivity index (χ3v) is 7.76. The van der Waals surface area contributed by atoms with Gasteiger partial charge in [0.05, 0.1) is 0 Å². The number of carbonyl (C=O) groups excluding carboxylic acids is 2. The number of rotatable bonds is 10. The lowest BCUT2D eigenvalue weighted by Crippen LogP contribution is -2.53. The molecule has 1 fully saturated rings. The van der Waals surface area contributed by atoms with E-state index in [1.165, 1.54) is 0 Å². The highest BCUT2D eigenvalue weighted by atomic mass is 35.5. The second-order valence-corrected chi connectivity index (χ2v) is 10.7. The average molecular weight is 533 g/mol. The van der Waals surface area contributed by atoms with E-state index < -0.39 is 6.04 Å². The van der Waals surface area contributed by atoms with Crippen LogP contribution in [0, 0.1) is 20.8 Å². The minimum atomic E-state index is -0.703. The minimum absolute atomic E-state index is 0.135. The van der Waals surface area contributed by atoms with Crippen molar-refractivity contribution in [3.05, 3.63) is 99.6 Å². The quantitative estimate of drug-likeness (QED) is 0.331. The van der Waals surface area contributed by atoms with E-state index in [1.54, 1.807) is 11.0 Å². The second kappa shape index (κ2) is 13.0. The molecule has 0 saturated heterocycles. The van der Waals surface area contributed by atoms with Crippen LogP contribution in [0.5, 0.6) is 5.75 Å². The van der Waals surface area contributed by atoms with Gasteiger partial charge in [0.2, 0.25) is 5.91 Å². The molecular weight excluding hydrogens is 496 g/mol. The summed E-state index contributed by atoms with van der Waals surface area (Å²) in [5, 5.41) is 3.79. The molecule has 3 aromatic rings. The molecule has 1 unspecified atom stereocenters. The number of benzene rings is 3. The maximum atomic E-state index is 13.9. The monoisotopic (exact) mass is 532 g/mol. The Morgan fingerprint density at radius 3 is 2.39 bits per heavy atom. The molecule has 1 aliphatic carbocycles. The Balaban J connectivity index is 1.64. The van der Waals surface area contributed by atoms with Crippen molar-refractivity contribution in [1.29, 1.82) is 0 Å². The predicted octanol–water partition coefficient (Wildman–Crippen LogP) is 6.34. The van der Waals surface area contributed by atoms with Crippen molar-refractivity contribution in [2.24, 2.45) is 0 Å². The first kappa shape index (κ1) is 27.7. The molecular formula is C32H37ClN2O3. The van der Waals surface area contributed by atoms with Crippen LogP contribution in [0.25, 0.3) is 0 Å². The Morgan fingerprint density at radius 2 is 1.68 bits per heavy atom. The van der Waals surface area contributed by atoms with Crippen LogP contribution in [0.15, 0.2) is 66.7 Å². The standard InChI is InChI=1S/C32H37ClN2O3/c1-22-17-23(2)24(3)30(18-22)38-21-31(36)35(20-26-13-7-10-16-28(26)33)29(19-25-11-5-4-6-12-25)32(37)34-27-14-8-9-15-27/h4-7,10-13,16-18,27,29H,8-9,14-15,19-21H2,1-3H3,(H,34,37). The number of aryl methyl sites for hydroxylation is 2. The zero-order chi connectivity index (χ0) is 27.1. The first-order valence-corrected chi connectivity index (χ1v) is 13.8. The third kappa shape index (κ3) is 7.16. The zero-order valence-electron chi connectivity index (χ0n) is 22.5. The largest absolute Gasteiger partial charge is 0.483 e. The summed E-state index contributed by atoms with van der Waals surface area (Å²) in [4.78, 5) is 29.3. The van der Waals surface area contributed by atoms with Crippen molar-refractivity contribution in [3.8, 4) is 5.75 Å². The lowest BCUT2D eigenvalue weighted by Gasteiger charge is -2.32. The molecule has 1 atom stereocenters. The van der Waals surface area contributed by atoms with Gasteiger partial charge in [-0.25, -0.2) is 0 Å². The molecule has 0 bridgehead atoms. The van der Waals surface area contributed by atoms with Crippen LogP contribution < -0.4 is 10.1 Å². The van der Waals surface area contributed by atoms with Gasteiger partial charge >= 0.3 is 0 Å². The van der Waals surface area contributed by atoms with E-state index in [0.29, 0.717) is 17.2 Å². The van der Waals surface area contributed by atoms with Gasteiger partial charge in [-0.2, -0.15) is 0 Å². The molecule has 0 aromatic heterocycles. The van der Waals surface area contributed by atoms with E-state index in [9.17, 15) is 9.59 Å². The molecule has 1 N–H and O–H groups in total. The molecule has 0 spiro atoms. The number of nitrogens with zero attached hydrogens (tertiary/aromatic N) is 1. The maximum Gasteiger partial charge on any atom is 0.261 e.